The molecule has 4 aromatic carbocycles. The number of likely N-dealkylation sites (tertiary alicyclic amines) is 1. The molecule has 10 nitrogen and oxygen atoms in total. The molecule has 1 amide bonds. The number of aliphatic hydroxyl groups is 1. The van der Waals surface area contributed by atoms with E-state index < -0.39 is 66.8 Å². The molecule has 2 N–H and O–H groups in total. The second kappa shape index (κ2) is 15.3. The highest BCUT2D eigenvalue weighted by Crippen LogP contribution is 2.50. The van der Waals surface area contributed by atoms with Gasteiger partial charge in [-0.2, -0.15) is 0 Å². The second-order valence-electron chi connectivity index (χ2n) is 13.3. The minimum atomic E-state index is -3.37. The third-order valence-corrected chi connectivity index (χ3v) is 13.0. The van der Waals surface area contributed by atoms with Gasteiger partial charge in [0.1, 0.15) is 5.42 Å². The van der Waals surface area contributed by atoms with Crippen molar-refractivity contribution in [2.75, 3.05) is 6.79 Å². The fourth-order valence-electron chi connectivity index (χ4n) is 6.29. The summed E-state index contributed by atoms with van der Waals surface area (Å²) in [6, 6.07) is 32.2. The predicted octanol–water partition coefficient (Wildman–Crippen LogP) is 4.38. The maximum Gasteiger partial charge on any atom is 0.358 e. The van der Waals surface area contributed by atoms with E-state index in [0.29, 0.717) is 15.9 Å². The lowest BCUT2D eigenvalue weighted by Gasteiger charge is -2.50. The smallest absolute Gasteiger partial charge is 0.358 e. The van der Waals surface area contributed by atoms with Gasteiger partial charge in [-0.1, -0.05) is 103 Å². The third-order valence-electron chi connectivity index (χ3n) is 8.77. The second-order valence-corrected chi connectivity index (χ2v) is 16.6. The molecular formula is C40H40NO9P. The van der Waals surface area contributed by atoms with Crippen LogP contribution in [-0.4, -0.2) is 69.1 Å². The van der Waals surface area contributed by atoms with E-state index in [2.05, 4.69) is 0 Å². The van der Waals surface area contributed by atoms with Gasteiger partial charge in [-0.05, 0) is 55.7 Å². The van der Waals surface area contributed by atoms with Gasteiger partial charge < -0.3 is 24.6 Å². The van der Waals surface area contributed by atoms with Gasteiger partial charge in [-0.3, -0.25) is 14.4 Å². The van der Waals surface area contributed by atoms with Crippen molar-refractivity contribution in [2.24, 2.45) is 11.3 Å². The summed E-state index contributed by atoms with van der Waals surface area (Å²) < 4.78 is 11.0. The molecule has 0 saturated carbocycles. The van der Waals surface area contributed by atoms with Crippen LogP contribution >= 0.6 is 6.89 Å². The number of carboxylic acids is 1. The summed E-state index contributed by atoms with van der Waals surface area (Å²) >= 11 is 0. The molecular weight excluding hydrogens is 669 g/mol. The van der Waals surface area contributed by atoms with Crippen LogP contribution < -0.4 is 15.9 Å². The van der Waals surface area contributed by atoms with E-state index in [-0.39, 0.29) is 23.0 Å². The molecule has 0 radical (unpaired) electrons. The largest absolute Gasteiger partial charge is 0.478 e. The number of aliphatic hydroxyl groups excluding tert-OH is 1. The zero-order valence-corrected chi connectivity index (χ0v) is 29.7. The Morgan fingerprint density at radius 3 is 1.71 bits per heavy atom. The van der Waals surface area contributed by atoms with Gasteiger partial charge in [0.15, 0.2) is 5.78 Å². The van der Waals surface area contributed by atoms with Crippen molar-refractivity contribution >= 4 is 57.8 Å². The fourth-order valence-corrected chi connectivity index (χ4v) is 10.7. The molecule has 51 heavy (non-hydrogen) atoms. The number of carbonyl (C=O) groups is 5. The highest BCUT2D eigenvalue weighted by molar-refractivity contribution is 7.96. The normalized spacial score (nSPS) is 16.4. The van der Waals surface area contributed by atoms with Gasteiger partial charge >= 0.3 is 17.9 Å². The summed E-state index contributed by atoms with van der Waals surface area (Å²) in [6.45, 7) is 2.33. The highest BCUT2D eigenvalue weighted by Gasteiger charge is 2.55. The highest BCUT2D eigenvalue weighted by atomic mass is 31.2. The number of hydrogen-bond acceptors (Lipinski definition) is 8. The number of rotatable bonds is 12. The lowest BCUT2D eigenvalue weighted by molar-refractivity contribution is -0.171. The summed E-state index contributed by atoms with van der Waals surface area (Å²) in [5, 5.41) is 22.5. The summed E-state index contributed by atoms with van der Waals surface area (Å²) in [6.07, 6.45) is -1.53. The van der Waals surface area contributed by atoms with Gasteiger partial charge in [0.2, 0.25) is 12.7 Å². The van der Waals surface area contributed by atoms with E-state index in [4.69, 9.17) is 9.47 Å². The first-order valence-corrected chi connectivity index (χ1v) is 18.2. The van der Waals surface area contributed by atoms with E-state index >= 15 is 0 Å². The van der Waals surface area contributed by atoms with Crippen molar-refractivity contribution in [3.05, 3.63) is 126 Å². The third kappa shape index (κ3) is 7.43. The molecule has 11 heteroatoms. The quantitative estimate of drug-likeness (QED) is 0.0720. The number of Topliss-reactive ketones (excluding diaryl/α,β-unsaturated/α-hetero) is 1. The number of ether oxygens (including phenoxy) is 2. The van der Waals surface area contributed by atoms with Gasteiger partial charge in [-0.25, -0.2) is 9.59 Å². The number of esters is 2. The molecule has 5 rings (SSSR count). The Morgan fingerprint density at radius 2 is 1.25 bits per heavy atom. The summed E-state index contributed by atoms with van der Waals surface area (Å²) in [5.41, 5.74) is -0.920. The van der Waals surface area contributed by atoms with Crippen LogP contribution in [0.3, 0.4) is 0 Å². The van der Waals surface area contributed by atoms with E-state index in [0.717, 1.165) is 0 Å². The molecule has 0 spiro atoms. The molecule has 264 valence electrons. The molecule has 1 aliphatic heterocycles. The molecule has 1 heterocycles. The minimum absolute atomic E-state index is 0.0584. The van der Waals surface area contributed by atoms with Crippen LogP contribution in [0.5, 0.6) is 0 Å². The Labute approximate surface area is 296 Å². The average Bonchev–Trinajstić information content (AvgIpc) is 3.12. The molecule has 1 fully saturated rings. The lowest BCUT2D eigenvalue weighted by atomic mass is 9.79. The van der Waals surface area contributed by atoms with Crippen molar-refractivity contribution in [1.29, 1.82) is 0 Å². The monoisotopic (exact) mass is 709 g/mol. The first kappa shape index (κ1) is 37.0. The number of ketones is 1. The summed E-state index contributed by atoms with van der Waals surface area (Å²) in [7, 11) is 0. The minimum Gasteiger partial charge on any atom is -0.478 e. The van der Waals surface area contributed by atoms with Crippen molar-refractivity contribution in [1.82, 2.24) is 4.90 Å². The zero-order chi connectivity index (χ0) is 36.9. The van der Waals surface area contributed by atoms with E-state index in [1.54, 1.807) is 20.8 Å². The number of β-lactam (4-membered cyclic amide) rings is 1. The van der Waals surface area contributed by atoms with E-state index in [1.165, 1.54) is 36.1 Å². The Kier molecular flexibility index (Phi) is 11.1. The van der Waals surface area contributed by atoms with Crippen LogP contribution in [0.1, 0.15) is 54.8 Å². The number of carboxylic acid groups (broad SMARTS) is 1. The Hall–Kier alpha value is -5.31. The van der Waals surface area contributed by atoms with Gasteiger partial charge in [0.05, 0.1) is 29.0 Å². The van der Waals surface area contributed by atoms with Crippen LogP contribution in [0.4, 0.5) is 0 Å². The number of hydrogen-bond donors (Lipinski definition) is 2. The summed E-state index contributed by atoms with van der Waals surface area (Å²) in [4.78, 5) is 68.6. The first-order valence-electron chi connectivity index (χ1n) is 16.4. The van der Waals surface area contributed by atoms with Gasteiger partial charge in [-0.15, -0.1) is 0 Å². The molecule has 0 bridgehead atoms. The molecule has 4 aromatic rings. The fraction of sp³-hybridized carbons (Fsp3) is 0.250. The van der Waals surface area contributed by atoms with Crippen LogP contribution in [-0.2, 0) is 23.9 Å². The van der Waals surface area contributed by atoms with Gasteiger partial charge in [0, 0.05) is 18.9 Å². The Bertz CT molecular complexity index is 1880. The molecule has 3 atom stereocenters. The van der Waals surface area contributed by atoms with Crippen molar-refractivity contribution in [3.63, 3.8) is 0 Å². The first-order chi connectivity index (χ1) is 24.3. The lowest BCUT2D eigenvalue weighted by Crippen LogP contribution is -2.68. The van der Waals surface area contributed by atoms with Crippen LogP contribution in [0.2, 0.25) is 0 Å². The standard InChI is InChI=1S/C40H40NO9P/c1-26(42)34-32(24-33(43)27-15-14-16-28(23-27)37(45)46)41(35(34)44)36(38(47)49-25-50-39(48)40(2,3)4)51(29-17-8-5-9-18-29,30-19-10-6-11-20-30)31-21-12-7-13-22-31/h5-23,26,32,34,42H,24-25H2,1-4H3,(H,45,46). The van der Waals surface area contributed by atoms with Crippen molar-refractivity contribution in [3.8, 4) is 0 Å². The number of amides is 1. The number of nitrogens with zero attached hydrogens (tertiary/aromatic N) is 1. The topological polar surface area (TPSA) is 148 Å². The molecule has 1 aliphatic rings. The zero-order valence-electron chi connectivity index (χ0n) is 28.8. The SMILES string of the molecule is CC(O)C1C(=O)N(C(C(=O)OCOC(=O)C(C)(C)C)=P(c2ccccc2)(c2ccccc2)c2ccccc2)C1CC(=O)c1cccc(C(=O)O)c1. The molecule has 0 aromatic heterocycles. The number of aromatic carboxylic acids is 1. The number of benzene rings is 4. The number of carbonyl (C=O) groups excluding carboxylic acids is 4. The van der Waals surface area contributed by atoms with Crippen LogP contribution in [0.15, 0.2) is 115 Å². The predicted molar refractivity (Wildman–Crippen MR) is 195 cm³/mol. The maximum absolute atomic E-state index is 14.8. The van der Waals surface area contributed by atoms with Gasteiger partial charge in [0.25, 0.3) is 0 Å². The van der Waals surface area contributed by atoms with Crippen molar-refractivity contribution < 1.29 is 43.7 Å². The van der Waals surface area contributed by atoms with E-state index in [1.807, 2.05) is 91.0 Å². The molecule has 1 saturated heterocycles. The van der Waals surface area contributed by atoms with Crippen molar-refractivity contribution in [2.45, 2.75) is 46.3 Å². The Morgan fingerprint density at radius 1 is 0.765 bits per heavy atom. The molecule has 0 aliphatic carbocycles. The molecule has 3 unspecified atom stereocenters. The summed E-state index contributed by atoms with van der Waals surface area (Å²) in [5.74, 6) is -4.89. The average molecular weight is 710 g/mol. The Balaban J connectivity index is 1.79. The van der Waals surface area contributed by atoms with Crippen LogP contribution in [0.25, 0.3) is 0 Å². The van der Waals surface area contributed by atoms with E-state index in [9.17, 15) is 34.2 Å². The maximum atomic E-state index is 14.8. The van der Waals surface area contributed by atoms with Crippen LogP contribution in [0, 0.1) is 11.3 Å².